The highest BCUT2D eigenvalue weighted by Gasteiger charge is 2.11. The van der Waals surface area contributed by atoms with Crippen molar-refractivity contribution in [2.45, 2.75) is 26.7 Å². The molecule has 1 aromatic carbocycles. The third kappa shape index (κ3) is 4.27. The highest BCUT2D eigenvalue weighted by Crippen LogP contribution is 2.22. The maximum Gasteiger partial charge on any atom is 0.261 e. The number of hydrogen-bond donors (Lipinski definition) is 1. The second-order valence-electron chi connectivity index (χ2n) is 3.88. The summed E-state index contributed by atoms with van der Waals surface area (Å²) in [7, 11) is 0. The van der Waals surface area contributed by atoms with E-state index in [1.165, 1.54) is 11.8 Å². The molecular weight excluding hydrogens is 230 g/mol. The Morgan fingerprint density at radius 3 is 2.47 bits per heavy atom. The van der Waals surface area contributed by atoms with Crippen LogP contribution in [0.5, 0.6) is 0 Å². The molecule has 0 saturated carbocycles. The Labute approximate surface area is 107 Å². The average molecular weight is 249 g/mol. The van der Waals surface area contributed by atoms with Gasteiger partial charge in [-0.25, -0.2) is 0 Å². The van der Waals surface area contributed by atoms with Crippen LogP contribution in [0.3, 0.4) is 0 Å². The number of para-hydroxylation sites is 1. The molecule has 1 aromatic rings. The van der Waals surface area contributed by atoms with E-state index in [2.05, 4.69) is 12.2 Å². The van der Waals surface area contributed by atoms with Gasteiger partial charge in [-0.1, -0.05) is 37.1 Å². The largest absolute Gasteiger partial charge is 0.322 e. The molecule has 0 fully saturated rings. The molecule has 1 amide bonds. The molecule has 0 saturated heterocycles. The van der Waals surface area contributed by atoms with Crippen LogP contribution < -0.4 is 5.32 Å². The van der Waals surface area contributed by atoms with Gasteiger partial charge in [-0.05, 0) is 31.7 Å². The van der Waals surface area contributed by atoms with Gasteiger partial charge in [0.2, 0.25) is 0 Å². The first-order chi connectivity index (χ1) is 8.19. The Morgan fingerprint density at radius 1 is 1.29 bits per heavy atom. The van der Waals surface area contributed by atoms with Crippen molar-refractivity contribution in [2.75, 3.05) is 11.6 Å². The van der Waals surface area contributed by atoms with Gasteiger partial charge in [0.25, 0.3) is 5.91 Å². The molecule has 0 aliphatic carbocycles. The number of benzene rings is 1. The van der Waals surface area contributed by atoms with Crippen molar-refractivity contribution in [2.24, 2.45) is 0 Å². The lowest BCUT2D eigenvalue weighted by atomic mass is 10.1. The zero-order valence-corrected chi connectivity index (χ0v) is 11.4. The van der Waals surface area contributed by atoms with Gasteiger partial charge in [0, 0.05) is 5.69 Å². The van der Waals surface area contributed by atoms with Crippen LogP contribution in [-0.4, -0.2) is 12.2 Å². The first kappa shape index (κ1) is 13.8. The monoisotopic (exact) mass is 249 g/mol. The zero-order valence-electron chi connectivity index (χ0n) is 10.6. The lowest BCUT2D eigenvalue weighted by Crippen LogP contribution is -2.13. The van der Waals surface area contributed by atoms with E-state index in [1.54, 1.807) is 0 Å². The number of anilines is 1. The number of thioether (sulfide) groups is 1. The summed E-state index contributed by atoms with van der Waals surface area (Å²) >= 11 is 1.51. The summed E-state index contributed by atoms with van der Waals surface area (Å²) in [5.74, 6) is -0.00495. The van der Waals surface area contributed by atoms with Crippen LogP contribution >= 0.6 is 11.8 Å². The van der Waals surface area contributed by atoms with Crippen molar-refractivity contribution < 1.29 is 4.79 Å². The third-order valence-corrected chi connectivity index (χ3v) is 3.40. The molecule has 0 aliphatic rings. The Balaban J connectivity index is 2.78. The van der Waals surface area contributed by atoms with E-state index in [0.29, 0.717) is 0 Å². The quantitative estimate of drug-likeness (QED) is 0.797. The molecule has 17 heavy (non-hydrogen) atoms. The molecule has 1 N–H and O–H groups in total. The molecule has 3 heteroatoms. The molecule has 0 aliphatic heterocycles. The molecular formula is C14H19NOS. The molecule has 0 heterocycles. The van der Waals surface area contributed by atoms with Crippen LogP contribution in [0.25, 0.3) is 0 Å². The molecule has 92 valence electrons. The third-order valence-electron chi connectivity index (χ3n) is 2.45. The molecule has 0 spiro atoms. The number of hydrogen-bond acceptors (Lipinski definition) is 2. The SMILES string of the molecule is CCC/C(C)=C(/SC)C(=O)Nc1ccccc1. The number of carbonyl (C=O) groups excluding carboxylic acids is 1. The highest BCUT2D eigenvalue weighted by molar-refractivity contribution is 8.03. The van der Waals surface area contributed by atoms with Crippen LogP contribution in [0.1, 0.15) is 26.7 Å². The predicted molar refractivity (Wildman–Crippen MR) is 76.2 cm³/mol. The molecule has 0 unspecified atom stereocenters. The number of rotatable bonds is 5. The van der Waals surface area contributed by atoms with Gasteiger partial charge < -0.3 is 5.32 Å². The van der Waals surface area contributed by atoms with Crippen molar-refractivity contribution >= 4 is 23.4 Å². The Bertz CT molecular complexity index is 398. The lowest BCUT2D eigenvalue weighted by molar-refractivity contribution is -0.112. The van der Waals surface area contributed by atoms with E-state index < -0.39 is 0 Å². The highest BCUT2D eigenvalue weighted by atomic mass is 32.2. The second-order valence-corrected chi connectivity index (χ2v) is 4.70. The van der Waals surface area contributed by atoms with Crippen LogP contribution in [0.15, 0.2) is 40.8 Å². The van der Waals surface area contributed by atoms with E-state index in [1.807, 2.05) is 43.5 Å². The smallest absolute Gasteiger partial charge is 0.261 e. The number of allylic oxidation sites excluding steroid dienone is 1. The van der Waals surface area contributed by atoms with Gasteiger partial charge in [-0.3, -0.25) is 4.79 Å². The van der Waals surface area contributed by atoms with Crippen molar-refractivity contribution in [1.82, 2.24) is 0 Å². The molecule has 0 atom stereocenters. The second kappa shape index (κ2) is 7.17. The van der Waals surface area contributed by atoms with Crippen LogP contribution in [-0.2, 0) is 4.79 Å². The summed E-state index contributed by atoms with van der Waals surface area (Å²) in [4.78, 5) is 12.9. The number of carbonyl (C=O) groups is 1. The Morgan fingerprint density at radius 2 is 1.94 bits per heavy atom. The summed E-state index contributed by atoms with van der Waals surface area (Å²) in [5.41, 5.74) is 2.00. The van der Waals surface area contributed by atoms with Crippen molar-refractivity contribution in [3.63, 3.8) is 0 Å². The van der Waals surface area contributed by atoms with Crippen molar-refractivity contribution in [1.29, 1.82) is 0 Å². The summed E-state index contributed by atoms with van der Waals surface area (Å²) in [6.07, 6.45) is 3.98. The lowest BCUT2D eigenvalue weighted by Gasteiger charge is -2.10. The summed E-state index contributed by atoms with van der Waals surface area (Å²) in [5, 5.41) is 2.91. The Hall–Kier alpha value is -1.22. The van der Waals surface area contributed by atoms with Crippen LogP contribution in [0.2, 0.25) is 0 Å². The van der Waals surface area contributed by atoms with Crippen molar-refractivity contribution in [3.05, 3.63) is 40.8 Å². The topological polar surface area (TPSA) is 29.1 Å². The molecule has 0 radical (unpaired) electrons. The van der Waals surface area contributed by atoms with E-state index in [0.717, 1.165) is 29.0 Å². The standard InChI is InChI=1S/C14H19NOS/c1-4-8-11(2)13(17-3)14(16)15-12-9-6-5-7-10-12/h5-7,9-10H,4,8H2,1-3H3,(H,15,16)/b13-11+. The van der Waals surface area contributed by atoms with Gasteiger partial charge in [0.05, 0.1) is 4.91 Å². The fourth-order valence-electron chi connectivity index (χ4n) is 1.66. The van der Waals surface area contributed by atoms with E-state index in [4.69, 9.17) is 0 Å². The van der Waals surface area contributed by atoms with Gasteiger partial charge in [0.1, 0.15) is 0 Å². The minimum absolute atomic E-state index is 0.00495. The minimum Gasteiger partial charge on any atom is -0.322 e. The molecule has 0 bridgehead atoms. The molecule has 0 aromatic heterocycles. The first-order valence-corrected chi connectivity index (χ1v) is 7.01. The number of nitrogens with one attached hydrogen (secondary N) is 1. The number of amides is 1. The molecule has 2 nitrogen and oxygen atoms in total. The van der Waals surface area contributed by atoms with Gasteiger partial charge in [-0.15, -0.1) is 11.8 Å². The fourth-order valence-corrected chi connectivity index (χ4v) is 2.35. The minimum atomic E-state index is -0.00495. The summed E-state index contributed by atoms with van der Waals surface area (Å²) in [6, 6.07) is 9.55. The van der Waals surface area contributed by atoms with Crippen LogP contribution in [0.4, 0.5) is 5.69 Å². The summed E-state index contributed by atoms with van der Waals surface area (Å²) in [6.45, 7) is 4.15. The zero-order chi connectivity index (χ0) is 12.7. The van der Waals surface area contributed by atoms with Gasteiger partial charge in [-0.2, -0.15) is 0 Å². The average Bonchev–Trinajstić information content (AvgIpc) is 2.31. The predicted octanol–water partition coefficient (Wildman–Crippen LogP) is 4.06. The maximum absolute atomic E-state index is 12.1. The van der Waals surface area contributed by atoms with E-state index in [9.17, 15) is 4.79 Å². The van der Waals surface area contributed by atoms with Crippen LogP contribution in [0, 0.1) is 0 Å². The van der Waals surface area contributed by atoms with Gasteiger partial charge in [0.15, 0.2) is 0 Å². The maximum atomic E-state index is 12.1. The van der Waals surface area contributed by atoms with E-state index in [-0.39, 0.29) is 5.91 Å². The fraction of sp³-hybridized carbons (Fsp3) is 0.357. The first-order valence-electron chi connectivity index (χ1n) is 5.79. The Kier molecular flexibility index (Phi) is 5.84. The molecule has 1 rings (SSSR count). The normalized spacial score (nSPS) is 11.9. The summed E-state index contributed by atoms with van der Waals surface area (Å²) < 4.78 is 0. The van der Waals surface area contributed by atoms with Crippen molar-refractivity contribution in [3.8, 4) is 0 Å². The van der Waals surface area contributed by atoms with E-state index >= 15 is 0 Å². The van der Waals surface area contributed by atoms with Gasteiger partial charge >= 0.3 is 0 Å².